The number of hydrogen-bond acceptors (Lipinski definition) is 4. The highest BCUT2D eigenvalue weighted by Gasteiger charge is 2.04. The van der Waals surface area contributed by atoms with Gasteiger partial charge in [0, 0.05) is 5.02 Å². The molecule has 130 valence electrons. The second kappa shape index (κ2) is 9.40. The fourth-order valence-electron chi connectivity index (χ4n) is 2.13. The highest BCUT2D eigenvalue weighted by Crippen LogP contribution is 2.27. The van der Waals surface area contributed by atoms with Crippen molar-refractivity contribution in [3.8, 4) is 17.2 Å². The maximum absolute atomic E-state index is 5.98. The van der Waals surface area contributed by atoms with Gasteiger partial charge in [-0.3, -0.25) is 0 Å². The summed E-state index contributed by atoms with van der Waals surface area (Å²) in [7, 11) is 1.63. The number of rotatable bonds is 9. The molecule has 0 saturated carbocycles. The molecular weight excluding hydrogens is 328 g/mol. The number of methoxy groups -OCH3 is 1. The van der Waals surface area contributed by atoms with Crippen LogP contribution >= 0.6 is 11.6 Å². The van der Waals surface area contributed by atoms with E-state index in [1.54, 1.807) is 7.11 Å². The third-order valence-corrected chi connectivity index (χ3v) is 3.85. The Balaban J connectivity index is 1.62. The molecule has 0 aliphatic carbocycles. The van der Waals surface area contributed by atoms with Crippen LogP contribution in [-0.2, 0) is 4.74 Å². The Bertz CT molecular complexity index is 658. The Morgan fingerprint density at radius 2 is 1.58 bits per heavy atom. The standard InChI is InChI=1S/C19H23ClO4/c1-14-4-7-18(19(12-14)21-3)24-11-9-22-8-10-23-16-5-6-17(20)15(2)13-16/h4-7,12-13H,8-11H2,1-3H3. The average Bonchev–Trinajstić information content (AvgIpc) is 2.58. The zero-order valence-corrected chi connectivity index (χ0v) is 15.1. The monoisotopic (exact) mass is 350 g/mol. The molecular formula is C19H23ClO4. The van der Waals surface area contributed by atoms with Crippen molar-refractivity contribution in [2.45, 2.75) is 13.8 Å². The minimum Gasteiger partial charge on any atom is -0.493 e. The highest BCUT2D eigenvalue weighted by molar-refractivity contribution is 6.31. The van der Waals surface area contributed by atoms with Gasteiger partial charge in [0.25, 0.3) is 0 Å². The number of ether oxygens (including phenoxy) is 4. The number of aryl methyl sites for hydroxylation is 2. The van der Waals surface area contributed by atoms with Crippen molar-refractivity contribution in [1.82, 2.24) is 0 Å². The van der Waals surface area contributed by atoms with E-state index in [2.05, 4.69) is 0 Å². The van der Waals surface area contributed by atoms with Crippen molar-refractivity contribution in [3.05, 3.63) is 52.5 Å². The van der Waals surface area contributed by atoms with Gasteiger partial charge in [-0.15, -0.1) is 0 Å². The number of halogens is 1. The van der Waals surface area contributed by atoms with Crippen LogP contribution in [0.1, 0.15) is 11.1 Å². The van der Waals surface area contributed by atoms with Crippen molar-refractivity contribution in [1.29, 1.82) is 0 Å². The van der Waals surface area contributed by atoms with Crippen molar-refractivity contribution in [2.24, 2.45) is 0 Å². The van der Waals surface area contributed by atoms with Gasteiger partial charge in [-0.1, -0.05) is 17.7 Å². The minimum absolute atomic E-state index is 0.458. The fraction of sp³-hybridized carbons (Fsp3) is 0.368. The first-order valence-corrected chi connectivity index (χ1v) is 8.22. The SMILES string of the molecule is COc1cc(C)ccc1OCCOCCOc1ccc(Cl)c(C)c1. The van der Waals surface area contributed by atoms with E-state index < -0.39 is 0 Å². The summed E-state index contributed by atoms with van der Waals surface area (Å²) in [6.45, 7) is 5.88. The van der Waals surface area contributed by atoms with E-state index in [0.717, 1.165) is 33.4 Å². The Morgan fingerprint density at radius 3 is 2.29 bits per heavy atom. The Kier molecular flexibility index (Phi) is 7.22. The molecule has 2 rings (SSSR count). The Hall–Kier alpha value is -1.91. The van der Waals surface area contributed by atoms with Crippen LogP contribution in [0.25, 0.3) is 0 Å². The van der Waals surface area contributed by atoms with Crippen LogP contribution in [0.3, 0.4) is 0 Å². The zero-order chi connectivity index (χ0) is 17.4. The van der Waals surface area contributed by atoms with Crippen LogP contribution < -0.4 is 14.2 Å². The number of hydrogen-bond donors (Lipinski definition) is 0. The molecule has 2 aromatic rings. The van der Waals surface area contributed by atoms with Crippen LogP contribution in [0.4, 0.5) is 0 Å². The molecule has 0 spiro atoms. The average molecular weight is 351 g/mol. The first kappa shape index (κ1) is 18.4. The summed E-state index contributed by atoms with van der Waals surface area (Å²) in [5.74, 6) is 2.25. The molecule has 0 heterocycles. The molecule has 0 radical (unpaired) electrons. The van der Waals surface area contributed by atoms with Crippen molar-refractivity contribution in [3.63, 3.8) is 0 Å². The topological polar surface area (TPSA) is 36.9 Å². The predicted octanol–water partition coefficient (Wildman–Crippen LogP) is 4.44. The third kappa shape index (κ3) is 5.62. The molecule has 0 aromatic heterocycles. The highest BCUT2D eigenvalue weighted by atomic mass is 35.5. The van der Waals surface area contributed by atoms with Crippen LogP contribution in [0, 0.1) is 13.8 Å². The van der Waals surface area contributed by atoms with Crippen molar-refractivity contribution >= 4 is 11.6 Å². The molecule has 0 aliphatic rings. The molecule has 0 amide bonds. The van der Waals surface area contributed by atoms with Crippen molar-refractivity contribution in [2.75, 3.05) is 33.5 Å². The summed E-state index contributed by atoms with van der Waals surface area (Å²) in [5.41, 5.74) is 2.13. The molecule has 24 heavy (non-hydrogen) atoms. The predicted molar refractivity (Wildman–Crippen MR) is 95.7 cm³/mol. The first-order valence-electron chi connectivity index (χ1n) is 7.84. The Labute approximate surface area is 148 Å². The lowest BCUT2D eigenvalue weighted by atomic mass is 10.2. The summed E-state index contributed by atoms with van der Waals surface area (Å²) in [6.07, 6.45) is 0. The second-order valence-corrected chi connectivity index (χ2v) is 5.78. The van der Waals surface area contributed by atoms with E-state index in [4.69, 9.17) is 30.5 Å². The van der Waals surface area contributed by atoms with E-state index in [0.29, 0.717) is 26.4 Å². The molecule has 0 unspecified atom stereocenters. The second-order valence-electron chi connectivity index (χ2n) is 5.37. The van der Waals surface area contributed by atoms with Gasteiger partial charge in [0.2, 0.25) is 0 Å². The van der Waals surface area contributed by atoms with Gasteiger partial charge >= 0.3 is 0 Å². The fourth-order valence-corrected chi connectivity index (χ4v) is 2.25. The van der Waals surface area contributed by atoms with E-state index in [1.807, 2.05) is 50.2 Å². The Morgan fingerprint density at radius 1 is 0.833 bits per heavy atom. The molecule has 0 atom stereocenters. The lowest BCUT2D eigenvalue weighted by Crippen LogP contribution is -2.12. The van der Waals surface area contributed by atoms with Crippen LogP contribution in [0.2, 0.25) is 5.02 Å². The van der Waals surface area contributed by atoms with Gasteiger partial charge in [0.05, 0.1) is 20.3 Å². The van der Waals surface area contributed by atoms with E-state index in [-0.39, 0.29) is 0 Å². The van der Waals surface area contributed by atoms with Gasteiger partial charge in [0.15, 0.2) is 11.5 Å². The normalized spacial score (nSPS) is 10.5. The molecule has 2 aromatic carbocycles. The minimum atomic E-state index is 0.458. The molecule has 5 heteroatoms. The lowest BCUT2D eigenvalue weighted by molar-refractivity contribution is 0.0757. The molecule has 0 fully saturated rings. The van der Waals surface area contributed by atoms with Crippen LogP contribution in [0.5, 0.6) is 17.2 Å². The molecule has 0 N–H and O–H groups in total. The van der Waals surface area contributed by atoms with Gasteiger partial charge < -0.3 is 18.9 Å². The summed E-state index contributed by atoms with van der Waals surface area (Å²) >= 11 is 5.98. The summed E-state index contributed by atoms with van der Waals surface area (Å²) < 4.78 is 22.1. The molecule has 0 saturated heterocycles. The molecule has 0 bridgehead atoms. The summed E-state index contributed by atoms with van der Waals surface area (Å²) in [6, 6.07) is 11.4. The lowest BCUT2D eigenvalue weighted by Gasteiger charge is -2.12. The zero-order valence-electron chi connectivity index (χ0n) is 14.3. The van der Waals surface area contributed by atoms with Gasteiger partial charge in [-0.2, -0.15) is 0 Å². The maximum atomic E-state index is 5.98. The largest absolute Gasteiger partial charge is 0.493 e. The van der Waals surface area contributed by atoms with E-state index in [1.165, 1.54) is 0 Å². The van der Waals surface area contributed by atoms with Crippen LogP contribution in [-0.4, -0.2) is 33.5 Å². The quantitative estimate of drug-likeness (QED) is 0.626. The molecule has 4 nitrogen and oxygen atoms in total. The number of benzene rings is 2. The van der Waals surface area contributed by atoms with Crippen molar-refractivity contribution < 1.29 is 18.9 Å². The van der Waals surface area contributed by atoms with Gasteiger partial charge in [-0.25, -0.2) is 0 Å². The first-order chi connectivity index (χ1) is 11.6. The third-order valence-electron chi connectivity index (χ3n) is 3.43. The summed E-state index contributed by atoms with van der Waals surface area (Å²) in [5, 5.41) is 0.738. The van der Waals surface area contributed by atoms with E-state index in [9.17, 15) is 0 Å². The molecule has 0 aliphatic heterocycles. The van der Waals surface area contributed by atoms with Crippen LogP contribution in [0.15, 0.2) is 36.4 Å². The van der Waals surface area contributed by atoms with E-state index >= 15 is 0 Å². The van der Waals surface area contributed by atoms with Gasteiger partial charge in [0.1, 0.15) is 19.0 Å². The summed E-state index contributed by atoms with van der Waals surface area (Å²) in [4.78, 5) is 0. The maximum Gasteiger partial charge on any atom is 0.161 e. The van der Waals surface area contributed by atoms with Gasteiger partial charge in [-0.05, 0) is 55.3 Å². The smallest absolute Gasteiger partial charge is 0.161 e.